The van der Waals surface area contributed by atoms with Crippen LogP contribution in [0, 0.1) is 0 Å². The molecule has 0 atom stereocenters. The molecule has 0 aliphatic rings. The number of nitrogens with one attached hydrogen (secondary N) is 2. The standard InChI is InChI=1S/C17H17BrN2O3/c1-11(2)23-15-10-6-4-8-13(15)17(22)20-19-16(21)12-7-3-5-9-14(12)18/h3-11H,1-2H3,(H,19,21)(H,20,22). The minimum atomic E-state index is -0.443. The fourth-order valence-corrected chi connectivity index (χ4v) is 2.37. The van der Waals surface area contributed by atoms with Crippen LogP contribution in [0.2, 0.25) is 0 Å². The molecular weight excluding hydrogens is 360 g/mol. The lowest BCUT2D eigenvalue weighted by Gasteiger charge is -2.14. The predicted molar refractivity (Wildman–Crippen MR) is 91.3 cm³/mol. The van der Waals surface area contributed by atoms with Gasteiger partial charge in [-0.1, -0.05) is 24.3 Å². The molecule has 0 saturated heterocycles. The second-order valence-electron chi connectivity index (χ2n) is 5.05. The van der Waals surface area contributed by atoms with Crippen LogP contribution in [-0.2, 0) is 0 Å². The van der Waals surface area contributed by atoms with E-state index in [0.29, 0.717) is 21.3 Å². The van der Waals surface area contributed by atoms with E-state index in [0.717, 1.165) is 0 Å². The molecule has 2 amide bonds. The molecule has 0 aliphatic heterocycles. The lowest BCUT2D eigenvalue weighted by molar-refractivity contribution is 0.0843. The minimum Gasteiger partial charge on any atom is -0.490 e. The van der Waals surface area contributed by atoms with E-state index in [9.17, 15) is 9.59 Å². The van der Waals surface area contributed by atoms with E-state index in [2.05, 4.69) is 26.8 Å². The number of benzene rings is 2. The number of carbonyl (C=O) groups excluding carboxylic acids is 2. The molecule has 2 N–H and O–H groups in total. The van der Waals surface area contributed by atoms with Crippen molar-refractivity contribution in [3.05, 3.63) is 64.1 Å². The molecule has 0 radical (unpaired) electrons. The fourth-order valence-electron chi connectivity index (χ4n) is 1.90. The molecule has 0 spiro atoms. The highest BCUT2D eigenvalue weighted by molar-refractivity contribution is 9.10. The molecule has 0 fully saturated rings. The Morgan fingerprint density at radius 2 is 1.43 bits per heavy atom. The smallest absolute Gasteiger partial charge is 0.273 e. The van der Waals surface area contributed by atoms with Gasteiger partial charge in [0.15, 0.2) is 0 Å². The van der Waals surface area contributed by atoms with Crippen LogP contribution in [0.5, 0.6) is 5.75 Å². The number of hydrogen-bond donors (Lipinski definition) is 2. The molecule has 0 bridgehead atoms. The SMILES string of the molecule is CC(C)Oc1ccccc1C(=O)NNC(=O)c1ccccc1Br. The first-order valence-electron chi connectivity index (χ1n) is 7.10. The first kappa shape index (κ1) is 17.0. The summed E-state index contributed by atoms with van der Waals surface area (Å²) in [5.74, 6) is -0.384. The molecule has 23 heavy (non-hydrogen) atoms. The molecule has 6 heteroatoms. The number of hydrazine groups is 1. The number of amides is 2. The molecule has 0 unspecified atom stereocenters. The maximum Gasteiger partial charge on any atom is 0.273 e. The van der Waals surface area contributed by atoms with Crippen molar-refractivity contribution in [2.24, 2.45) is 0 Å². The average molecular weight is 377 g/mol. The van der Waals surface area contributed by atoms with Gasteiger partial charge in [-0.15, -0.1) is 0 Å². The summed E-state index contributed by atoms with van der Waals surface area (Å²) in [6.07, 6.45) is -0.0567. The van der Waals surface area contributed by atoms with E-state index in [1.165, 1.54) is 0 Å². The zero-order valence-corrected chi connectivity index (χ0v) is 14.4. The Morgan fingerprint density at radius 3 is 2.04 bits per heavy atom. The van der Waals surface area contributed by atoms with Gasteiger partial charge in [-0.25, -0.2) is 0 Å². The minimum absolute atomic E-state index is 0.0567. The Kier molecular flexibility index (Phi) is 5.76. The van der Waals surface area contributed by atoms with Crippen LogP contribution >= 0.6 is 15.9 Å². The molecule has 2 aromatic rings. The van der Waals surface area contributed by atoms with E-state index in [4.69, 9.17) is 4.74 Å². The number of rotatable bonds is 4. The van der Waals surface area contributed by atoms with Crippen LogP contribution in [-0.4, -0.2) is 17.9 Å². The van der Waals surface area contributed by atoms with Crippen LogP contribution in [0.15, 0.2) is 53.0 Å². The zero-order valence-electron chi connectivity index (χ0n) is 12.8. The van der Waals surface area contributed by atoms with E-state index < -0.39 is 11.8 Å². The van der Waals surface area contributed by atoms with Crippen molar-refractivity contribution in [3.63, 3.8) is 0 Å². The van der Waals surface area contributed by atoms with Crippen LogP contribution in [0.3, 0.4) is 0 Å². The Morgan fingerprint density at radius 1 is 0.913 bits per heavy atom. The van der Waals surface area contributed by atoms with E-state index in [-0.39, 0.29) is 6.10 Å². The summed E-state index contributed by atoms with van der Waals surface area (Å²) in [4.78, 5) is 24.3. The highest BCUT2D eigenvalue weighted by Crippen LogP contribution is 2.19. The summed E-state index contributed by atoms with van der Waals surface area (Å²) in [5, 5.41) is 0. The Labute approximate surface area is 143 Å². The number of para-hydroxylation sites is 1. The maximum atomic E-state index is 12.3. The highest BCUT2D eigenvalue weighted by Gasteiger charge is 2.15. The van der Waals surface area contributed by atoms with Crippen molar-refractivity contribution in [1.29, 1.82) is 0 Å². The van der Waals surface area contributed by atoms with Crippen molar-refractivity contribution in [3.8, 4) is 5.75 Å². The van der Waals surface area contributed by atoms with Gasteiger partial charge in [0.1, 0.15) is 5.75 Å². The Bertz CT molecular complexity index is 716. The second-order valence-corrected chi connectivity index (χ2v) is 5.91. The van der Waals surface area contributed by atoms with Crippen molar-refractivity contribution < 1.29 is 14.3 Å². The summed E-state index contributed by atoms with van der Waals surface area (Å²) < 4.78 is 6.24. The van der Waals surface area contributed by atoms with Gasteiger partial charge in [-0.2, -0.15) is 0 Å². The van der Waals surface area contributed by atoms with E-state index in [1.807, 2.05) is 13.8 Å². The third-order valence-electron chi connectivity index (χ3n) is 2.90. The molecular formula is C17H17BrN2O3. The fraction of sp³-hybridized carbons (Fsp3) is 0.176. The van der Waals surface area contributed by atoms with Crippen LogP contribution in [0.25, 0.3) is 0 Å². The number of carbonyl (C=O) groups is 2. The van der Waals surface area contributed by atoms with Gasteiger partial charge in [-0.3, -0.25) is 20.4 Å². The van der Waals surface area contributed by atoms with E-state index >= 15 is 0 Å². The summed E-state index contributed by atoms with van der Waals surface area (Å²) >= 11 is 3.29. The van der Waals surface area contributed by atoms with Crippen molar-refractivity contribution in [1.82, 2.24) is 10.9 Å². The van der Waals surface area contributed by atoms with Gasteiger partial charge >= 0.3 is 0 Å². The largest absolute Gasteiger partial charge is 0.490 e. The first-order valence-corrected chi connectivity index (χ1v) is 7.89. The molecule has 0 aliphatic carbocycles. The van der Waals surface area contributed by atoms with Crippen molar-refractivity contribution in [2.75, 3.05) is 0 Å². The van der Waals surface area contributed by atoms with Crippen LogP contribution < -0.4 is 15.6 Å². The van der Waals surface area contributed by atoms with Crippen molar-refractivity contribution in [2.45, 2.75) is 20.0 Å². The molecule has 0 heterocycles. The average Bonchev–Trinajstić information content (AvgIpc) is 2.52. The predicted octanol–water partition coefficient (Wildman–Crippen LogP) is 3.31. The zero-order chi connectivity index (χ0) is 16.8. The molecule has 0 aromatic heterocycles. The lowest BCUT2D eigenvalue weighted by atomic mass is 10.2. The number of hydrogen-bond acceptors (Lipinski definition) is 3. The molecule has 2 aromatic carbocycles. The Hall–Kier alpha value is -2.34. The second kappa shape index (κ2) is 7.78. The summed E-state index contributed by atoms with van der Waals surface area (Å²) in [6, 6.07) is 13.8. The van der Waals surface area contributed by atoms with Gasteiger partial charge in [0.25, 0.3) is 11.8 Å². The van der Waals surface area contributed by atoms with Crippen LogP contribution in [0.1, 0.15) is 34.6 Å². The normalized spacial score (nSPS) is 10.3. The van der Waals surface area contributed by atoms with Gasteiger partial charge in [-0.05, 0) is 54.0 Å². The topological polar surface area (TPSA) is 67.4 Å². The van der Waals surface area contributed by atoms with Crippen molar-refractivity contribution >= 4 is 27.7 Å². The third-order valence-corrected chi connectivity index (χ3v) is 3.59. The van der Waals surface area contributed by atoms with E-state index in [1.54, 1.807) is 48.5 Å². The molecule has 5 nitrogen and oxygen atoms in total. The summed E-state index contributed by atoms with van der Waals surface area (Å²) in [5.41, 5.74) is 5.58. The van der Waals surface area contributed by atoms with Crippen LogP contribution in [0.4, 0.5) is 0 Å². The molecule has 0 saturated carbocycles. The van der Waals surface area contributed by atoms with Gasteiger partial charge in [0.05, 0.1) is 17.2 Å². The monoisotopic (exact) mass is 376 g/mol. The summed E-state index contributed by atoms with van der Waals surface area (Å²) in [7, 11) is 0. The highest BCUT2D eigenvalue weighted by atomic mass is 79.9. The summed E-state index contributed by atoms with van der Waals surface area (Å²) in [6.45, 7) is 3.76. The molecule has 2 rings (SSSR count). The quantitative estimate of drug-likeness (QED) is 0.804. The van der Waals surface area contributed by atoms with Gasteiger partial charge in [0, 0.05) is 4.47 Å². The third kappa shape index (κ3) is 4.56. The number of halogens is 1. The number of ether oxygens (including phenoxy) is 1. The maximum absolute atomic E-state index is 12.3. The lowest BCUT2D eigenvalue weighted by Crippen LogP contribution is -2.41. The Balaban J connectivity index is 2.06. The van der Waals surface area contributed by atoms with Gasteiger partial charge < -0.3 is 4.74 Å². The van der Waals surface area contributed by atoms with Gasteiger partial charge in [0.2, 0.25) is 0 Å². The molecule has 120 valence electrons. The first-order chi connectivity index (χ1) is 11.0.